The molecule has 2 atom stereocenters. The predicted molar refractivity (Wildman–Crippen MR) is 70.1 cm³/mol. The Bertz CT molecular complexity index is 528. The van der Waals surface area contributed by atoms with Crippen LogP contribution in [0.15, 0.2) is 30.3 Å². The Kier molecular flexibility index (Phi) is 3.39. The first-order valence-electron chi connectivity index (χ1n) is 6.34. The summed E-state index contributed by atoms with van der Waals surface area (Å²) in [5.74, 6) is 0.541. The summed E-state index contributed by atoms with van der Waals surface area (Å²) >= 11 is 0. The number of aliphatic hydroxyl groups excluding tert-OH is 1. The van der Waals surface area contributed by atoms with Crippen LogP contribution in [0.4, 0.5) is 5.95 Å². The first-order valence-corrected chi connectivity index (χ1v) is 6.34. The molecular weight excluding hydrogens is 244 g/mol. The second-order valence-corrected chi connectivity index (χ2v) is 4.56. The molecule has 0 radical (unpaired) electrons. The molecule has 2 aromatic rings. The van der Waals surface area contributed by atoms with Crippen molar-refractivity contribution in [2.24, 2.45) is 0 Å². The number of aliphatic hydroxyl groups is 1. The predicted octanol–water partition coefficient (Wildman–Crippen LogP) is -0.203. The number of rotatable bonds is 3. The van der Waals surface area contributed by atoms with E-state index in [0.717, 1.165) is 18.7 Å². The minimum atomic E-state index is -0.387. The average molecular weight is 260 g/mol. The Balaban J connectivity index is 1.81. The van der Waals surface area contributed by atoms with Crippen LogP contribution in [0.2, 0.25) is 0 Å². The standard InChI is InChI=1S/C12H16N6O/c19-11-6-7-13-8-10(11)14-12-15-16-17-18(12)9-4-2-1-3-5-9/h1-5,10-11,13,19H,6-8H2,(H,14,15,17)/t10-,11+/m0/s1. The summed E-state index contributed by atoms with van der Waals surface area (Å²) in [7, 11) is 0. The minimum Gasteiger partial charge on any atom is -0.391 e. The molecule has 1 aliphatic rings. The quantitative estimate of drug-likeness (QED) is 0.708. The lowest BCUT2D eigenvalue weighted by molar-refractivity contribution is 0.123. The van der Waals surface area contributed by atoms with E-state index in [1.165, 1.54) is 0 Å². The smallest absolute Gasteiger partial charge is 0.248 e. The van der Waals surface area contributed by atoms with E-state index in [-0.39, 0.29) is 12.1 Å². The summed E-state index contributed by atoms with van der Waals surface area (Å²) in [6, 6.07) is 9.57. The molecule has 2 heterocycles. The summed E-state index contributed by atoms with van der Waals surface area (Å²) in [4.78, 5) is 0. The van der Waals surface area contributed by atoms with Crippen molar-refractivity contribution in [3.05, 3.63) is 30.3 Å². The Morgan fingerprint density at radius 1 is 1.32 bits per heavy atom. The van der Waals surface area contributed by atoms with Gasteiger partial charge in [-0.05, 0) is 35.5 Å². The number of aromatic nitrogens is 4. The van der Waals surface area contributed by atoms with E-state index in [2.05, 4.69) is 26.2 Å². The molecule has 7 nitrogen and oxygen atoms in total. The van der Waals surface area contributed by atoms with Gasteiger partial charge in [-0.3, -0.25) is 0 Å². The van der Waals surface area contributed by atoms with Crippen LogP contribution in [0.5, 0.6) is 0 Å². The lowest BCUT2D eigenvalue weighted by Gasteiger charge is -2.29. The van der Waals surface area contributed by atoms with Gasteiger partial charge >= 0.3 is 0 Å². The van der Waals surface area contributed by atoms with Crippen molar-refractivity contribution in [3.63, 3.8) is 0 Å². The van der Waals surface area contributed by atoms with Crippen LogP contribution in [0.3, 0.4) is 0 Å². The summed E-state index contributed by atoms with van der Waals surface area (Å²) in [5, 5.41) is 28.0. The van der Waals surface area contributed by atoms with Gasteiger partial charge in [-0.1, -0.05) is 23.3 Å². The molecule has 0 aliphatic carbocycles. The minimum absolute atomic E-state index is 0.0813. The maximum atomic E-state index is 9.95. The topological polar surface area (TPSA) is 87.9 Å². The first kappa shape index (κ1) is 12.1. The zero-order chi connectivity index (χ0) is 13.1. The van der Waals surface area contributed by atoms with Crippen LogP contribution in [-0.2, 0) is 0 Å². The van der Waals surface area contributed by atoms with Crippen molar-refractivity contribution in [1.82, 2.24) is 25.5 Å². The van der Waals surface area contributed by atoms with Crippen molar-refractivity contribution < 1.29 is 5.11 Å². The molecule has 19 heavy (non-hydrogen) atoms. The molecule has 3 rings (SSSR count). The first-order chi connectivity index (χ1) is 9.34. The Hall–Kier alpha value is -1.99. The van der Waals surface area contributed by atoms with Gasteiger partial charge in [0.1, 0.15) is 0 Å². The number of nitrogens with zero attached hydrogens (tertiary/aromatic N) is 4. The van der Waals surface area contributed by atoms with Gasteiger partial charge < -0.3 is 15.7 Å². The molecule has 0 amide bonds. The maximum absolute atomic E-state index is 9.95. The fourth-order valence-electron chi connectivity index (χ4n) is 2.18. The van der Waals surface area contributed by atoms with E-state index in [4.69, 9.17) is 0 Å². The summed E-state index contributed by atoms with van der Waals surface area (Å²) in [6.45, 7) is 1.53. The third kappa shape index (κ3) is 2.56. The lowest BCUT2D eigenvalue weighted by Crippen LogP contribution is -2.48. The van der Waals surface area contributed by atoms with Crippen molar-refractivity contribution in [1.29, 1.82) is 0 Å². The van der Waals surface area contributed by atoms with E-state index < -0.39 is 0 Å². The van der Waals surface area contributed by atoms with Crippen LogP contribution in [0.1, 0.15) is 6.42 Å². The Morgan fingerprint density at radius 2 is 2.16 bits per heavy atom. The van der Waals surface area contributed by atoms with Gasteiger partial charge in [0.2, 0.25) is 5.95 Å². The SMILES string of the molecule is O[C@@H]1CCNC[C@@H]1Nc1nnnn1-c1ccccc1. The molecule has 1 aromatic heterocycles. The highest BCUT2D eigenvalue weighted by atomic mass is 16.3. The summed E-state index contributed by atoms with van der Waals surface area (Å²) in [5.41, 5.74) is 0.883. The number of hydrogen-bond acceptors (Lipinski definition) is 6. The van der Waals surface area contributed by atoms with E-state index in [0.29, 0.717) is 12.5 Å². The van der Waals surface area contributed by atoms with Gasteiger partial charge in [-0.2, -0.15) is 4.68 Å². The fraction of sp³-hybridized carbons (Fsp3) is 0.417. The Labute approximate surface area is 110 Å². The van der Waals surface area contributed by atoms with Crippen LogP contribution < -0.4 is 10.6 Å². The second-order valence-electron chi connectivity index (χ2n) is 4.56. The van der Waals surface area contributed by atoms with Gasteiger partial charge in [-0.15, -0.1) is 0 Å². The molecule has 1 aliphatic heterocycles. The number of para-hydroxylation sites is 1. The third-order valence-electron chi connectivity index (χ3n) is 3.23. The van der Waals surface area contributed by atoms with Crippen LogP contribution in [0, 0.1) is 0 Å². The van der Waals surface area contributed by atoms with Crippen molar-refractivity contribution >= 4 is 5.95 Å². The molecule has 1 fully saturated rings. The van der Waals surface area contributed by atoms with E-state index in [1.807, 2.05) is 30.3 Å². The molecule has 0 unspecified atom stereocenters. The number of hydrogen-bond donors (Lipinski definition) is 3. The average Bonchev–Trinajstić information content (AvgIpc) is 2.91. The van der Waals surface area contributed by atoms with Gasteiger partial charge in [0.15, 0.2) is 0 Å². The summed E-state index contributed by atoms with van der Waals surface area (Å²) < 4.78 is 1.63. The maximum Gasteiger partial charge on any atom is 0.248 e. The molecule has 1 aromatic carbocycles. The number of piperidine rings is 1. The number of anilines is 1. The molecule has 3 N–H and O–H groups in total. The fourth-order valence-corrected chi connectivity index (χ4v) is 2.18. The molecule has 0 bridgehead atoms. The van der Waals surface area contributed by atoms with Crippen molar-refractivity contribution in [3.8, 4) is 5.69 Å². The van der Waals surface area contributed by atoms with E-state index in [1.54, 1.807) is 4.68 Å². The molecule has 1 saturated heterocycles. The van der Waals surface area contributed by atoms with Gasteiger partial charge in [0, 0.05) is 6.54 Å². The van der Waals surface area contributed by atoms with Gasteiger partial charge in [-0.25, -0.2) is 0 Å². The second kappa shape index (κ2) is 5.33. The van der Waals surface area contributed by atoms with Crippen LogP contribution >= 0.6 is 0 Å². The van der Waals surface area contributed by atoms with Crippen molar-refractivity contribution in [2.45, 2.75) is 18.6 Å². The largest absolute Gasteiger partial charge is 0.391 e. The Morgan fingerprint density at radius 3 is 2.95 bits per heavy atom. The van der Waals surface area contributed by atoms with Crippen LogP contribution in [-0.4, -0.2) is 50.5 Å². The number of nitrogens with one attached hydrogen (secondary N) is 2. The van der Waals surface area contributed by atoms with Crippen molar-refractivity contribution in [2.75, 3.05) is 18.4 Å². The third-order valence-corrected chi connectivity index (χ3v) is 3.23. The highest BCUT2D eigenvalue weighted by Crippen LogP contribution is 2.14. The molecule has 0 saturated carbocycles. The van der Waals surface area contributed by atoms with Gasteiger partial charge in [0.25, 0.3) is 0 Å². The molecule has 7 heteroatoms. The molecule has 0 spiro atoms. The number of benzene rings is 1. The molecular formula is C12H16N6O. The monoisotopic (exact) mass is 260 g/mol. The zero-order valence-corrected chi connectivity index (χ0v) is 10.4. The highest BCUT2D eigenvalue weighted by molar-refractivity contribution is 5.39. The normalized spacial score (nSPS) is 23.2. The van der Waals surface area contributed by atoms with E-state index >= 15 is 0 Å². The summed E-state index contributed by atoms with van der Waals surface area (Å²) in [6.07, 6.45) is 0.340. The molecule has 100 valence electrons. The zero-order valence-electron chi connectivity index (χ0n) is 10.4. The number of tetrazole rings is 1. The van der Waals surface area contributed by atoms with E-state index in [9.17, 15) is 5.11 Å². The lowest BCUT2D eigenvalue weighted by atomic mass is 10.0. The highest BCUT2D eigenvalue weighted by Gasteiger charge is 2.24. The van der Waals surface area contributed by atoms with Gasteiger partial charge in [0.05, 0.1) is 17.8 Å². The van der Waals surface area contributed by atoms with Crippen LogP contribution in [0.25, 0.3) is 5.69 Å².